The molecule has 0 bridgehead atoms. The van der Waals surface area contributed by atoms with Crippen molar-refractivity contribution in [1.29, 1.82) is 0 Å². The summed E-state index contributed by atoms with van der Waals surface area (Å²) in [5.41, 5.74) is 1.98. The summed E-state index contributed by atoms with van der Waals surface area (Å²) in [5, 5.41) is 5.56. The van der Waals surface area contributed by atoms with Gasteiger partial charge >= 0.3 is 0 Å². The van der Waals surface area contributed by atoms with Gasteiger partial charge in [0.2, 0.25) is 5.91 Å². The van der Waals surface area contributed by atoms with Crippen LogP contribution in [0.15, 0.2) is 35.7 Å². The van der Waals surface area contributed by atoms with Crippen molar-refractivity contribution in [3.05, 3.63) is 35.7 Å². The molecule has 0 unspecified atom stereocenters. The summed E-state index contributed by atoms with van der Waals surface area (Å²) >= 11 is 1.47. The third-order valence-electron chi connectivity index (χ3n) is 4.07. The first-order chi connectivity index (χ1) is 11.2. The quantitative estimate of drug-likeness (QED) is 0.914. The van der Waals surface area contributed by atoms with Crippen LogP contribution in [0, 0.1) is 0 Å². The molecule has 3 rings (SSSR count). The topological polar surface area (TPSA) is 48.5 Å². The fraction of sp³-hybridized carbons (Fsp3) is 0.412. The monoisotopic (exact) mass is 330 g/mol. The molecule has 1 aliphatic heterocycles. The normalized spacial score (nSPS) is 16.4. The lowest BCUT2D eigenvalue weighted by atomic mass is 10.2. The van der Waals surface area contributed by atoms with Crippen LogP contribution >= 0.6 is 11.3 Å². The second kappa shape index (κ2) is 7.68. The molecule has 122 valence electrons. The standard InChI is InChI=1S/C17H22N4OS/c1-20-9-11-21(12-10-20)8-7-16(22)19-17-18-15(13-23-17)14-5-3-2-4-6-14/h2-6,13H,7-12H2,1H3,(H,18,19,22). The number of anilines is 1. The van der Waals surface area contributed by atoms with Crippen LogP contribution in [-0.2, 0) is 4.79 Å². The van der Waals surface area contributed by atoms with E-state index in [1.54, 1.807) is 0 Å². The third kappa shape index (κ3) is 4.60. The number of aromatic nitrogens is 1. The summed E-state index contributed by atoms with van der Waals surface area (Å²) in [4.78, 5) is 21.2. The van der Waals surface area contributed by atoms with E-state index < -0.39 is 0 Å². The van der Waals surface area contributed by atoms with Crippen LogP contribution < -0.4 is 5.32 Å². The van der Waals surface area contributed by atoms with Gasteiger partial charge in [-0.2, -0.15) is 0 Å². The third-order valence-corrected chi connectivity index (χ3v) is 4.83. The number of rotatable bonds is 5. The van der Waals surface area contributed by atoms with Crippen molar-refractivity contribution in [2.45, 2.75) is 6.42 Å². The van der Waals surface area contributed by atoms with Crippen molar-refractivity contribution < 1.29 is 4.79 Å². The van der Waals surface area contributed by atoms with Gasteiger partial charge in [0, 0.05) is 50.1 Å². The average Bonchev–Trinajstić information content (AvgIpc) is 3.04. The first kappa shape index (κ1) is 16.1. The van der Waals surface area contributed by atoms with Gasteiger partial charge in [0.15, 0.2) is 5.13 Å². The molecule has 0 saturated carbocycles. The molecule has 1 saturated heterocycles. The van der Waals surface area contributed by atoms with Gasteiger partial charge in [0.1, 0.15) is 0 Å². The van der Waals surface area contributed by atoms with E-state index in [0.29, 0.717) is 11.6 Å². The van der Waals surface area contributed by atoms with Crippen LogP contribution in [0.25, 0.3) is 11.3 Å². The zero-order chi connectivity index (χ0) is 16.1. The van der Waals surface area contributed by atoms with Gasteiger partial charge in [-0.3, -0.25) is 4.79 Å². The van der Waals surface area contributed by atoms with Gasteiger partial charge in [-0.15, -0.1) is 11.3 Å². The van der Waals surface area contributed by atoms with E-state index in [0.717, 1.165) is 44.0 Å². The molecule has 0 atom stereocenters. The minimum Gasteiger partial charge on any atom is -0.304 e. The van der Waals surface area contributed by atoms with Gasteiger partial charge in [0.05, 0.1) is 5.69 Å². The van der Waals surface area contributed by atoms with Crippen LogP contribution in [0.2, 0.25) is 0 Å². The fourth-order valence-electron chi connectivity index (χ4n) is 2.59. The van der Waals surface area contributed by atoms with E-state index in [1.807, 2.05) is 35.7 Å². The van der Waals surface area contributed by atoms with Gasteiger partial charge in [-0.05, 0) is 7.05 Å². The van der Waals surface area contributed by atoms with E-state index in [1.165, 1.54) is 11.3 Å². The summed E-state index contributed by atoms with van der Waals surface area (Å²) in [6, 6.07) is 10.0. The van der Waals surface area contributed by atoms with Crippen molar-refractivity contribution in [2.24, 2.45) is 0 Å². The number of carbonyl (C=O) groups excluding carboxylic acids is 1. The molecule has 23 heavy (non-hydrogen) atoms. The number of amides is 1. The number of benzene rings is 1. The van der Waals surface area contributed by atoms with E-state index in [2.05, 4.69) is 27.1 Å². The molecule has 6 heteroatoms. The molecule has 1 aromatic carbocycles. The summed E-state index contributed by atoms with van der Waals surface area (Å²) in [6.45, 7) is 5.05. The van der Waals surface area contributed by atoms with Gasteiger partial charge in [-0.25, -0.2) is 4.98 Å². The van der Waals surface area contributed by atoms with E-state index >= 15 is 0 Å². The number of carbonyl (C=O) groups is 1. The highest BCUT2D eigenvalue weighted by atomic mass is 32.1. The highest BCUT2D eigenvalue weighted by Crippen LogP contribution is 2.24. The number of thiazole rings is 1. The molecular formula is C17H22N4OS. The number of likely N-dealkylation sites (N-methyl/N-ethyl adjacent to an activating group) is 1. The number of hydrogen-bond acceptors (Lipinski definition) is 5. The van der Waals surface area contributed by atoms with Crippen molar-refractivity contribution in [3.8, 4) is 11.3 Å². The van der Waals surface area contributed by atoms with Crippen LogP contribution in [0.4, 0.5) is 5.13 Å². The second-order valence-corrected chi connectivity index (χ2v) is 6.71. The molecule has 1 amide bonds. The summed E-state index contributed by atoms with van der Waals surface area (Å²) in [6.07, 6.45) is 0.518. The highest BCUT2D eigenvalue weighted by molar-refractivity contribution is 7.14. The van der Waals surface area contributed by atoms with Crippen molar-refractivity contribution in [3.63, 3.8) is 0 Å². The molecule has 0 radical (unpaired) electrons. The summed E-state index contributed by atoms with van der Waals surface area (Å²) < 4.78 is 0. The lowest BCUT2D eigenvalue weighted by Crippen LogP contribution is -2.45. The summed E-state index contributed by atoms with van der Waals surface area (Å²) in [7, 11) is 2.14. The fourth-order valence-corrected chi connectivity index (χ4v) is 3.32. The van der Waals surface area contributed by atoms with Crippen molar-refractivity contribution in [1.82, 2.24) is 14.8 Å². The first-order valence-electron chi connectivity index (χ1n) is 7.92. The molecule has 1 aliphatic rings. The second-order valence-electron chi connectivity index (χ2n) is 5.85. The Hall–Kier alpha value is -1.76. The molecule has 0 spiro atoms. The molecule has 1 N–H and O–H groups in total. The molecule has 1 aromatic heterocycles. The van der Waals surface area contributed by atoms with Crippen LogP contribution in [0.5, 0.6) is 0 Å². The lowest BCUT2D eigenvalue weighted by Gasteiger charge is -2.32. The predicted octanol–water partition coefficient (Wildman–Crippen LogP) is 2.39. The largest absolute Gasteiger partial charge is 0.304 e. The smallest absolute Gasteiger partial charge is 0.227 e. The molecular weight excluding hydrogens is 308 g/mol. The predicted molar refractivity (Wildman–Crippen MR) is 94.7 cm³/mol. The maximum absolute atomic E-state index is 12.1. The molecule has 5 nitrogen and oxygen atoms in total. The Morgan fingerprint density at radius 3 is 2.70 bits per heavy atom. The number of nitrogens with zero attached hydrogens (tertiary/aromatic N) is 3. The molecule has 1 fully saturated rings. The first-order valence-corrected chi connectivity index (χ1v) is 8.80. The maximum Gasteiger partial charge on any atom is 0.227 e. The minimum absolute atomic E-state index is 0.0397. The SMILES string of the molecule is CN1CCN(CCC(=O)Nc2nc(-c3ccccc3)cs2)CC1. The number of hydrogen-bond donors (Lipinski definition) is 1. The zero-order valence-corrected chi connectivity index (χ0v) is 14.2. The van der Waals surface area contributed by atoms with Gasteiger partial charge < -0.3 is 15.1 Å². The van der Waals surface area contributed by atoms with E-state index in [9.17, 15) is 4.79 Å². The van der Waals surface area contributed by atoms with E-state index in [-0.39, 0.29) is 5.91 Å². The Morgan fingerprint density at radius 2 is 1.96 bits per heavy atom. The Morgan fingerprint density at radius 1 is 1.22 bits per heavy atom. The Labute approximate surface area is 140 Å². The highest BCUT2D eigenvalue weighted by Gasteiger charge is 2.15. The van der Waals surface area contributed by atoms with Crippen molar-refractivity contribution >= 4 is 22.4 Å². The molecule has 2 aromatic rings. The molecule has 0 aliphatic carbocycles. The maximum atomic E-state index is 12.1. The minimum atomic E-state index is 0.0397. The van der Waals surface area contributed by atoms with Crippen molar-refractivity contribution in [2.75, 3.05) is 45.1 Å². The Kier molecular flexibility index (Phi) is 5.38. The number of nitrogens with one attached hydrogen (secondary N) is 1. The lowest BCUT2D eigenvalue weighted by molar-refractivity contribution is -0.116. The molecule has 2 heterocycles. The Balaban J connectivity index is 1.48. The van der Waals surface area contributed by atoms with Gasteiger partial charge in [-0.1, -0.05) is 30.3 Å². The Bertz CT molecular complexity index is 635. The van der Waals surface area contributed by atoms with Gasteiger partial charge in [0.25, 0.3) is 0 Å². The number of piperazine rings is 1. The van der Waals surface area contributed by atoms with E-state index in [4.69, 9.17) is 0 Å². The average molecular weight is 330 g/mol. The van der Waals surface area contributed by atoms with Crippen LogP contribution in [-0.4, -0.2) is 60.5 Å². The zero-order valence-electron chi connectivity index (χ0n) is 13.4. The summed E-state index contributed by atoms with van der Waals surface area (Å²) in [5.74, 6) is 0.0397. The van der Waals surface area contributed by atoms with Crippen LogP contribution in [0.1, 0.15) is 6.42 Å². The van der Waals surface area contributed by atoms with Crippen LogP contribution in [0.3, 0.4) is 0 Å².